The van der Waals surface area contributed by atoms with Crippen molar-refractivity contribution in [1.82, 2.24) is 8.96 Å². The second kappa shape index (κ2) is 10.2. The van der Waals surface area contributed by atoms with Crippen molar-refractivity contribution in [1.29, 1.82) is 0 Å². The van der Waals surface area contributed by atoms with Gasteiger partial charge in [0.25, 0.3) is 10.0 Å². The van der Waals surface area contributed by atoms with E-state index >= 15 is 0 Å². The first kappa shape index (κ1) is 24.9. The van der Waals surface area contributed by atoms with Crippen LogP contribution < -0.4 is 14.8 Å². The molecule has 0 radical (unpaired) electrons. The van der Waals surface area contributed by atoms with Gasteiger partial charge in [0.1, 0.15) is 11.5 Å². The van der Waals surface area contributed by atoms with Crippen molar-refractivity contribution in [3.8, 4) is 11.5 Å². The molecule has 4 rings (SSSR count). The first-order chi connectivity index (χ1) is 16.7. The second-order valence-electron chi connectivity index (χ2n) is 7.49. The Balaban J connectivity index is 1.63. The number of ether oxygens (including phenoxy) is 2. The number of imidazole rings is 1. The molecule has 1 amide bonds. The minimum atomic E-state index is -3.95. The summed E-state index contributed by atoms with van der Waals surface area (Å²) >= 11 is 7.19. The van der Waals surface area contributed by atoms with Crippen LogP contribution in [0.5, 0.6) is 11.5 Å². The summed E-state index contributed by atoms with van der Waals surface area (Å²) in [4.78, 5) is 17.4. The van der Waals surface area contributed by atoms with E-state index in [9.17, 15) is 13.2 Å². The molecule has 11 heteroatoms. The Bertz CT molecular complexity index is 1500. The minimum absolute atomic E-state index is 0.0977. The lowest BCUT2D eigenvalue weighted by atomic mass is 10.2. The Hall–Kier alpha value is -3.21. The van der Waals surface area contributed by atoms with Gasteiger partial charge in [-0.05, 0) is 37.3 Å². The molecule has 0 aliphatic carbocycles. The highest BCUT2D eigenvalue weighted by Gasteiger charge is 2.25. The maximum Gasteiger partial charge on any atom is 0.270 e. The number of anilines is 1. The van der Waals surface area contributed by atoms with Gasteiger partial charge in [0, 0.05) is 6.07 Å². The number of rotatable bonds is 8. The fourth-order valence-electron chi connectivity index (χ4n) is 3.39. The standard InChI is InChI=1S/C24H22ClN3O5S2/c1-15-8-10-16(11-9-15)35(30,31)28-20-7-5-4-6-18(20)27-24(28)34-14-23(29)26-19-12-17(25)21(32-2)13-22(19)33-3/h4-13H,14H2,1-3H3,(H,26,29). The monoisotopic (exact) mass is 531 g/mol. The third-order valence-electron chi connectivity index (χ3n) is 5.13. The molecule has 0 bridgehead atoms. The molecule has 1 N–H and O–H groups in total. The number of carbonyl (C=O) groups excluding carboxylic acids is 1. The van der Waals surface area contributed by atoms with E-state index < -0.39 is 10.0 Å². The zero-order valence-corrected chi connectivity index (χ0v) is 21.5. The number of fused-ring (bicyclic) bond motifs is 1. The third-order valence-corrected chi connectivity index (χ3v) is 8.20. The molecule has 0 saturated heterocycles. The van der Waals surface area contributed by atoms with Gasteiger partial charge in [-0.15, -0.1) is 0 Å². The average Bonchev–Trinajstić information content (AvgIpc) is 3.22. The molecule has 3 aromatic carbocycles. The summed E-state index contributed by atoms with van der Waals surface area (Å²) in [7, 11) is -1.01. The van der Waals surface area contributed by atoms with E-state index in [1.54, 1.807) is 54.6 Å². The number of hydrogen-bond donors (Lipinski definition) is 1. The van der Waals surface area contributed by atoms with Crippen molar-refractivity contribution < 1.29 is 22.7 Å². The fourth-order valence-corrected chi connectivity index (χ4v) is 6.15. The summed E-state index contributed by atoms with van der Waals surface area (Å²) in [5.41, 5.74) is 2.25. The van der Waals surface area contributed by atoms with Crippen LogP contribution in [0.4, 0.5) is 5.69 Å². The number of nitrogens with one attached hydrogen (secondary N) is 1. The van der Waals surface area contributed by atoms with Crippen molar-refractivity contribution in [3.05, 3.63) is 71.2 Å². The normalized spacial score (nSPS) is 11.4. The maximum atomic E-state index is 13.5. The summed E-state index contributed by atoms with van der Waals surface area (Å²) in [5.74, 6) is 0.296. The minimum Gasteiger partial charge on any atom is -0.495 e. The van der Waals surface area contributed by atoms with Crippen LogP contribution in [-0.4, -0.2) is 43.3 Å². The molecular weight excluding hydrogens is 510 g/mol. The van der Waals surface area contributed by atoms with Gasteiger partial charge >= 0.3 is 0 Å². The van der Waals surface area contributed by atoms with E-state index in [4.69, 9.17) is 21.1 Å². The Labute approximate surface area is 212 Å². The second-order valence-corrected chi connectivity index (χ2v) is 10.6. The molecule has 0 spiro atoms. The van der Waals surface area contributed by atoms with Crippen LogP contribution in [0, 0.1) is 6.92 Å². The molecule has 1 aromatic heterocycles. The van der Waals surface area contributed by atoms with E-state index in [-0.39, 0.29) is 21.7 Å². The lowest BCUT2D eigenvalue weighted by Crippen LogP contribution is -2.17. The first-order valence-corrected chi connectivity index (χ1v) is 13.2. The number of halogens is 1. The molecule has 0 aliphatic rings. The van der Waals surface area contributed by atoms with E-state index in [1.807, 2.05) is 6.92 Å². The lowest BCUT2D eigenvalue weighted by molar-refractivity contribution is -0.113. The summed E-state index contributed by atoms with van der Waals surface area (Å²) in [5, 5.41) is 3.23. The molecular formula is C24H22ClN3O5S2. The van der Waals surface area contributed by atoms with Crippen molar-refractivity contribution >= 4 is 56.0 Å². The average molecular weight is 532 g/mol. The van der Waals surface area contributed by atoms with Crippen LogP contribution in [0.3, 0.4) is 0 Å². The number of methoxy groups -OCH3 is 2. The van der Waals surface area contributed by atoms with E-state index in [0.29, 0.717) is 33.2 Å². The number of thioether (sulfide) groups is 1. The van der Waals surface area contributed by atoms with E-state index in [1.165, 1.54) is 24.3 Å². The van der Waals surface area contributed by atoms with Crippen LogP contribution in [0.2, 0.25) is 5.02 Å². The van der Waals surface area contributed by atoms with Crippen molar-refractivity contribution in [2.45, 2.75) is 17.0 Å². The van der Waals surface area contributed by atoms with Crippen LogP contribution >= 0.6 is 23.4 Å². The summed E-state index contributed by atoms with van der Waals surface area (Å²) in [6.07, 6.45) is 0. The summed E-state index contributed by atoms with van der Waals surface area (Å²) in [6.45, 7) is 1.88. The Morgan fingerprint density at radius 3 is 2.43 bits per heavy atom. The summed E-state index contributed by atoms with van der Waals surface area (Å²) < 4.78 is 38.7. The zero-order chi connectivity index (χ0) is 25.2. The SMILES string of the molecule is COc1cc(OC)c(NC(=O)CSc2nc3ccccc3n2S(=O)(=O)c2ccc(C)cc2)cc1Cl. The molecule has 0 atom stereocenters. The molecule has 0 fully saturated rings. The molecule has 35 heavy (non-hydrogen) atoms. The lowest BCUT2D eigenvalue weighted by Gasteiger charge is -2.13. The highest BCUT2D eigenvalue weighted by atomic mass is 35.5. The largest absolute Gasteiger partial charge is 0.495 e. The van der Waals surface area contributed by atoms with Crippen LogP contribution in [0.1, 0.15) is 5.56 Å². The van der Waals surface area contributed by atoms with Gasteiger partial charge < -0.3 is 14.8 Å². The predicted molar refractivity (Wildman–Crippen MR) is 137 cm³/mol. The first-order valence-electron chi connectivity index (χ1n) is 10.4. The molecule has 0 aliphatic heterocycles. The molecule has 8 nitrogen and oxygen atoms in total. The Kier molecular flexibility index (Phi) is 7.25. The molecule has 4 aromatic rings. The topological polar surface area (TPSA) is 99.5 Å². The summed E-state index contributed by atoms with van der Waals surface area (Å²) in [6, 6.07) is 16.6. The van der Waals surface area contributed by atoms with Crippen molar-refractivity contribution in [3.63, 3.8) is 0 Å². The molecule has 0 saturated carbocycles. The van der Waals surface area contributed by atoms with Crippen molar-refractivity contribution in [2.24, 2.45) is 0 Å². The predicted octanol–water partition coefficient (Wildman–Crippen LogP) is 4.98. The highest BCUT2D eigenvalue weighted by molar-refractivity contribution is 8.00. The number of nitrogens with zero attached hydrogens (tertiary/aromatic N) is 2. The van der Waals surface area contributed by atoms with Crippen LogP contribution in [0.25, 0.3) is 11.0 Å². The smallest absolute Gasteiger partial charge is 0.270 e. The van der Waals surface area contributed by atoms with Crippen molar-refractivity contribution in [2.75, 3.05) is 25.3 Å². The van der Waals surface area contributed by atoms with E-state index in [2.05, 4.69) is 10.3 Å². The Morgan fingerprint density at radius 1 is 1.06 bits per heavy atom. The zero-order valence-electron chi connectivity index (χ0n) is 19.1. The number of amides is 1. The van der Waals surface area contributed by atoms with Gasteiger partial charge in [-0.1, -0.05) is 53.2 Å². The quantitative estimate of drug-likeness (QED) is 0.320. The number of hydrogen-bond acceptors (Lipinski definition) is 7. The maximum absolute atomic E-state index is 13.5. The number of para-hydroxylation sites is 2. The number of benzene rings is 3. The van der Waals surface area contributed by atoms with Crippen LogP contribution in [0.15, 0.2) is 70.7 Å². The van der Waals surface area contributed by atoms with Gasteiger partial charge in [0.2, 0.25) is 5.91 Å². The van der Waals surface area contributed by atoms with E-state index in [0.717, 1.165) is 17.3 Å². The number of aromatic nitrogens is 2. The molecule has 0 unspecified atom stereocenters. The van der Waals surface area contributed by atoms with Gasteiger partial charge in [-0.2, -0.15) is 0 Å². The molecule has 182 valence electrons. The van der Waals surface area contributed by atoms with Gasteiger partial charge in [-0.3, -0.25) is 4.79 Å². The number of aryl methyl sites for hydroxylation is 1. The highest BCUT2D eigenvalue weighted by Crippen LogP contribution is 2.36. The van der Waals surface area contributed by atoms with Crippen LogP contribution in [-0.2, 0) is 14.8 Å². The van der Waals surface area contributed by atoms with Gasteiger partial charge in [0.05, 0.1) is 46.6 Å². The third kappa shape index (κ3) is 5.09. The van der Waals surface area contributed by atoms with Gasteiger partial charge in [0.15, 0.2) is 5.16 Å². The Morgan fingerprint density at radius 2 is 1.74 bits per heavy atom. The van der Waals surface area contributed by atoms with Gasteiger partial charge in [-0.25, -0.2) is 17.4 Å². The fraction of sp³-hybridized carbons (Fsp3) is 0.167. The number of carbonyl (C=O) groups is 1. The molecule has 1 heterocycles.